The van der Waals surface area contributed by atoms with Crippen LogP contribution >= 0.6 is 0 Å². The molecule has 0 amide bonds. The van der Waals surface area contributed by atoms with Crippen molar-refractivity contribution in [2.45, 2.75) is 0 Å². The molecular weight excluding hydrogens is 234 g/mol. The van der Waals surface area contributed by atoms with Crippen LogP contribution in [0.5, 0.6) is 5.75 Å². The van der Waals surface area contributed by atoms with Crippen LogP contribution in [0.15, 0.2) is 29.1 Å². The Morgan fingerprint density at radius 2 is 1.94 bits per heavy atom. The number of anilines is 1. The van der Waals surface area contributed by atoms with Gasteiger partial charge in [0.2, 0.25) is 5.95 Å². The van der Waals surface area contributed by atoms with E-state index in [9.17, 15) is 9.90 Å². The van der Waals surface area contributed by atoms with Crippen LogP contribution in [0.25, 0.3) is 22.6 Å². The van der Waals surface area contributed by atoms with Crippen molar-refractivity contribution in [2.24, 2.45) is 0 Å². The monoisotopic (exact) mass is 243 g/mol. The Balaban J connectivity index is 2.30. The minimum atomic E-state index is -0.397. The van der Waals surface area contributed by atoms with E-state index >= 15 is 0 Å². The fourth-order valence-corrected chi connectivity index (χ4v) is 1.73. The number of nitrogens with zero attached hydrogens (tertiary/aromatic N) is 2. The minimum absolute atomic E-state index is 0.00262. The number of rotatable bonds is 1. The molecule has 90 valence electrons. The van der Waals surface area contributed by atoms with Crippen LogP contribution < -0.4 is 11.3 Å². The number of nitrogens with two attached hydrogens (primary N) is 1. The topological polar surface area (TPSA) is 121 Å². The molecule has 0 aliphatic carbocycles. The number of H-pyrrole nitrogens is 2. The highest BCUT2D eigenvalue weighted by Gasteiger charge is 2.12. The number of nitrogen functional groups attached to an aromatic ring is 1. The van der Waals surface area contributed by atoms with E-state index in [4.69, 9.17) is 5.73 Å². The molecule has 0 aliphatic heterocycles. The molecule has 0 saturated carbocycles. The Hall–Kier alpha value is -2.83. The van der Waals surface area contributed by atoms with Crippen molar-refractivity contribution >= 4 is 17.1 Å². The predicted octanol–water partition coefficient (Wildman–Crippen LogP) is 0.601. The molecule has 0 aliphatic rings. The van der Waals surface area contributed by atoms with Gasteiger partial charge in [0.25, 0.3) is 5.56 Å². The van der Waals surface area contributed by atoms with E-state index in [1.807, 2.05) is 0 Å². The van der Waals surface area contributed by atoms with Gasteiger partial charge >= 0.3 is 0 Å². The van der Waals surface area contributed by atoms with Crippen molar-refractivity contribution in [3.8, 4) is 17.1 Å². The third-order valence-corrected chi connectivity index (χ3v) is 2.54. The van der Waals surface area contributed by atoms with E-state index in [0.29, 0.717) is 11.4 Å². The number of para-hydroxylation sites is 1. The second-order valence-electron chi connectivity index (χ2n) is 3.75. The molecule has 2 aromatic heterocycles. The molecule has 0 saturated heterocycles. The second kappa shape index (κ2) is 3.59. The average Bonchev–Trinajstić information content (AvgIpc) is 2.73. The zero-order valence-electron chi connectivity index (χ0n) is 9.14. The first-order chi connectivity index (χ1) is 8.65. The standard InChI is InChI=1S/C11H9N5O2/c12-11-15-9-7(10(18)16-11)13-8(14-9)5-3-1-2-4-6(5)17/h1-4,17H,(H4,12,13,14,15,16,18). The summed E-state index contributed by atoms with van der Waals surface area (Å²) < 4.78 is 0. The first-order valence-corrected chi connectivity index (χ1v) is 5.19. The van der Waals surface area contributed by atoms with Crippen LogP contribution in [-0.4, -0.2) is 25.0 Å². The summed E-state index contributed by atoms with van der Waals surface area (Å²) in [5.41, 5.74) is 5.97. The summed E-state index contributed by atoms with van der Waals surface area (Å²) in [6, 6.07) is 6.68. The van der Waals surface area contributed by atoms with Gasteiger partial charge in [0.05, 0.1) is 5.56 Å². The van der Waals surface area contributed by atoms with Gasteiger partial charge in [-0.05, 0) is 12.1 Å². The van der Waals surface area contributed by atoms with Crippen molar-refractivity contribution in [1.82, 2.24) is 19.9 Å². The number of phenols is 1. The summed E-state index contributed by atoms with van der Waals surface area (Å²) in [7, 11) is 0. The van der Waals surface area contributed by atoms with E-state index in [1.165, 1.54) is 6.07 Å². The van der Waals surface area contributed by atoms with Gasteiger partial charge in [0.15, 0.2) is 11.2 Å². The smallest absolute Gasteiger partial charge is 0.278 e. The Labute approximate surface area is 100 Å². The number of imidazole rings is 1. The lowest BCUT2D eigenvalue weighted by molar-refractivity contribution is 0.477. The molecular formula is C11H9N5O2. The van der Waals surface area contributed by atoms with E-state index in [2.05, 4.69) is 19.9 Å². The fourth-order valence-electron chi connectivity index (χ4n) is 1.73. The lowest BCUT2D eigenvalue weighted by atomic mass is 10.2. The van der Waals surface area contributed by atoms with Crippen LogP contribution in [-0.2, 0) is 0 Å². The first-order valence-electron chi connectivity index (χ1n) is 5.19. The maximum atomic E-state index is 11.6. The van der Waals surface area contributed by atoms with E-state index in [-0.39, 0.29) is 22.9 Å². The molecule has 5 N–H and O–H groups in total. The molecule has 3 rings (SSSR count). The summed E-state index contributed by atoms with van der Waals surface area (Å²) in [6.07, 6.45) is 0. The highest BCUT2D eigenvalue weighted by atomic mass is 16.3. The van der Waals surface area contributed by atoms with Gasteiger partial charge in [-0.1, -0.05) is 12.1 Å². The van der Waals surface area contributed by atoms with Crippen LogP contribution in [0.2, 0.25) is 0 Å². The third kappa shape index (κ3) is 1.49. The van der Waals surface area contributed by atoms with Crippen molar-refractivity contribution < 1.29 is 5.11 Å². The number of benzene rings is 1. The highest BCUT2D eigenvalue weighted by molar-refractivity contribution is 5.77. The van der Waals surface area contributed by atoms with Gasteiger partial charge in [-0.25, -0.2) is 4.98 Å². The van der Waals surface area contributed by atoms with E-state index in [1.54, 1.807) is 18.2 Å². The molecule has 0 fully saturated rings. The molecule has 0 radical (unpaired) electrons. The molecule has 0 spiro atoms. The number of aromatic amines is 2. The normalized spacial score (nSPS) is 10.9. The van der Waals surface area contributed by atoms with Gasteiger partial charge < -0.3 is 15.8 Å². The number of hydrogen-bond acceptors (Lipinski definition) is 5. The highest BCUT2D eigenvalue weighted by Crippen LogP contribution is 2.26. The van der Waals surface area contributed by atoms with Crippen LogP contribution in [0.3, 0.4) is 0 Å². The molecule has 0 bridgehead atoms. The van der Waals surface area contributed by atoms with Gasteiger partial charge in [0, 0.05) is 0 Å². The van der Waals surface area contributed by atoms with Crippen molar-refractivity contribution in [2.75, 3.05) is 5.73 Å². The maximum Gasteiger partial charge on any atom is 0.278 e. The van der Waals surface area contributed by atoms with E-state index < -0.39 is 5.56 Å². The zero-order valence-corrected chi connectivity index (χ0v) is 9.14. The first kappa shape index (κ1) is 10.3. The molecule has 18 heavy (non-hydrogen) atoms. The quantitative estimate of drug-likeness (QED) is 0.498. The second-order valence-corrected chi connectivity index (χ2v) is 3.75. The number of fused-ring (bicyclic) bond motifs is 1. The fraction of sp³-hybridized carbons (Fsp3) is 0. The average molecular weight is 243 g/mol. The van der Waals surface area contributed by atoms with Gasteiger partial charge in [0.1, 0.15) is 11.6 Å². The molecule has 3 aromatic rings. The summed E-state index contributed by atoms with van der Waals surface area (Å²) in [4.78, 5) is 24.9. The summed E-state index contributed by atoms with van der Waals surface area (Å²) >= 11 is 0. The zero-order chi connectivity index (χ0) is 12.7. The lowest BCUT2D eigenvalue weighted by Gasteiger charge is -1.98. The largest absolute Gasteiger partial charge is 0.507 e. The Morgan fingerprint density at radius 1 is 1.17 bits per heavy atom. The molecule has 2 heterocycles. The number of aromatic nitrogens is 4. The van der Waals surface area contributed by atoms with Crippen LogP contribution in [0, 0.1) is 0 Å². The number of aromatic hydroxyl groups is 1. The van der Waals surface area contributed by atoms with Gasteiger partial charge in [-0.15, -0.1) is 0 Å². The molecule has 7 nitrogen and oxygen atoms in total. The number of nitrogens with one attached hydrogen (secondary N) is 2. The molecule has 0 atom stereocenters. The van der Waals surface area contributed by atoms with Gasteiger partial charge in [-0.2, -0.15) is 4.98 Å². The van der Waals surface area contributed by atoms with Crippen LogP contribution in [0.4, 0.5) is 5.95 Å². The van der Waals surface area contributed by atoms with Gasteiger partial charge in [-0.3, -0.25) is 9.78 Å². The van der Waals surface area contributed by atoms with Crippen molar-refractivity contribution in [3.63, 3.8) is 0 Å². The molecule has 7 heteroatoms. The summed E-state index contributed by atoms with van der Waals surface area (Å²) in [6.45, 7) is 0. The summed E-state index contributed by atoms with van der Waals surface area (Å²) in [5, 5.41) is 9.72. The minimum Gasteiger partial charge on any atom is -0.507 e. The van der Waals surface area contributed by atoms with Crippen LogP contribution in [0.1, 0.15) is 0 Å². The number of phenolic OH excluding ortho intramolecular Hbond substituents is 1. The molecule has 0 unspecified atom stereocenters. The molecule has 1 aromatic carbocycles. The number of hydrogen-bond donors (Lipinski definition) is 4. The lowest BCUT2D eigenvalue weighted by Crippen LogP contribution is -2.10. The SMILES string of the molecule is Nc1nc2nc(-c3ccccc3O)[nH]c2c(=O)[nH]1. The Kier molecular flexibility index (Phi) is 2.06. The Morgan fingerprint density at radius 3 is 2.72 bits per heavy atom. The predicted molar refractivity (Wildman–Crippen MR) is 66.0 cm³/mol. The maximum absolute atomic E-state index is 11.6. The third-order valence-electron chi connectivity index (χ3n) is 2.54. The van der Waals surface area contributed by atoms with Crippen molar-refractivity contribution in [3.05, 3.63) is 34.6 Å². The Bertz CT molecular complexity index is 789. The van der Waals surface area contributed by atoms with Crippen molar-refractivity contribution in [1.29, 1.82) is 0 Å². The van der Waals surface area contributed by atoms with E-state index in [0.717, 1.165) is 0 Å². The summed E-state index contributed by atoms with van der Waals surface area (Å²) in [5.74, 6) is 0.440.